The van der Waals surface area contributed by atoms with Crippen molar-refractivity contribution in [3.05, 3.63) is 35.1 Å². The van der Waals surface area contributed by atoms with E-state index >= 15 is 0 Å². The van der Waals surface area contributed by atoms with E-state index in [2.05, 4.69) is 4.90 Å². The monoisotopic (exact) mass is 287 g/mol. The van der Waals surface area contributed by atoms with Crippen LogP contribution in [0.15, 0.2) is 18.2 Å². The zero-order valence-electron chi connectivity index (χ0n) is 10.9. The highest BCUT2D eigenvalue weighted by atomic mass is 35.5. The lowest BCUT2D eigenvalue weighted by molar-refractivity contribution is -0.143. The maximum absolute atomic E-state index is 13.2. The molecule has 1 fully saturated rings. The molecule has 1 aromatic rings. The third-order valence-electron chi connectivity index (χ3n) is 3.48. The van der Waals surface area contributed by atoms with Crippen LogP contribution in [0.5, 0.6) is 0 Å². The molecule has 0 spiro atoms. The van der Waals surface area contributed by atoms with Crippen LogP contribution in [0.3, 0.4) is 0 Å². The molecule has 0 aromatic heterocycles. The van der Waals surface area contributed by atoms with Crippen LogP contribution in [-0.2, 0) is 11.3 Å². The average Bonchev–Trinajstić information content (AvgIpc) is 2.34. The summed E-state index contributed by atoms with van der Waals surface area (Å²) >= 11 is 0. The van der Waals surface area contributed by atoms with Gasteiger partial charge in [0.15, 0.2) is 0 Å². The van der Waals surface area contributed by atoms with Crippen molar-refractivity contribution in [1.82, 2.24) is 4.90 Å². The number of halogens is 2. The van der Waals surface area contributed by atoms with Crippen LogP contribution in [-0.4, -0.2) is 29.1 Å². The van der Waals surface area contributed by atoms with Gasteiger partial charge in [0.05, 0.1) is 5.92 Å². The zero-order valence-corrected chi connectivity index (χ0v) is 11.8. The van der Waals surface area contributed by atoms with Gasteiger partial charge in [-0.3, -0.25) is 9.69 Å². The molecule has 0 amide bonds. The van der Waals surface area contributed by atoms with Crippen molar-refractivity contribution in [3.63, 3.8) is 0 Å². The molecule has 1 N–H and O–H groups in total. The Labute approximate surface area is 118 Å². The largest absolute Gasteiger partial charge is 0.481 e. The van der Waals surface area contributed by atoms with E-state index in [0.717, 1.165) is 24.9 Å². The molecular formula is C14H19ClFNO2. The fourth-order valence-corrected chi connectivity index (χ4v) is 2.46. The quantitative estimate of drug-likeness (QED) is 0.929. The average molecular weight is 288 g/mol. The molecule has 0 bridgehead atoms. The molecule has 1 saturated heterocycles. The number of likely N-dealkylation sites (tertiary alicyclic amines) is 1. The Balaban J connectivity index is 0.00000180. The summed E-state index contributed by atoms with van der Waals surface area (Å²) in [4.78, 5) is 13.1. The van der Waals surface area contributed by atoms with Gasteiger partial charge in [-0.15, -0.1) is 12.4 Å². The zero-order chi connectivity index (χ0) is 13.1. The minimum absolute atomic E-state index is 0. The van der Waals surface area contributed by atoms with Crippen molar-refractivity contribution in [3.8, 4) is 0 Å². The van der Waals surface area contributed by atoms with Crippen molar-refractivity contribution >= 4 is 18.4 Å². The molecule has 1 aliphatic heterocycles. The first kappa shape index (κ1) is 15.9. The lowest BCUT2D eigenvalue weighted by Crippen LogP contribution is -2.38. The van der Waals surface area contributed by atoms with E-state index in [1.165, 1.54) is 6.07 Å². The number of nitrogens with zero attached hydrogens (tertiary/aromatic N) is 1. The highest BCUT2D eigenvalue weighted by Crippen LogP contribution is 2.19. The topological polar surface area (TPSA) is 40.5 Å². The Morgan fingerprint density at radius 3 is 2.89 bits per heavy atom. The summed E-state index contributed by atoms with van der Waals surface area (Å²) in [7, 11) is 0. The molecule has 106 valence electrons. The van der Waals surface area contributed by atoms with Crippen molar-refractivity contribution in [2.24, 2.45) is 5.92 Å². The molecule has 1 aliphatic rings. The first-order valence-corrected chi connectivity index (χ1v) is 6.26. The van der Waals surface area contributed by atoms with Crippen LogP contribution in [0.25, 0.3) is 0 Å². The van der Waals surface area contributed by atoms with Crippen molar-refractivity contribution in [2.45, 2.75) is 26.3 Å². The molecule has 5 heteroatoms. The smallest absolute Gasteiger partial charge is 0.307 e. The van der Waals surface area contributed by atoms with Gasteiger partial charge in [-0.05, 0) is 43.5 Å². The Kier molecular flexibility index (Phi) is 5.76. The molecule has 1 atom stereocenters. The molecule has 0 aliphatic carbocycles. The summed E-state index contributed by atoms with van der Waals surface area (Å²) in [6.07, 6.45) is 1.67. The second-order valence-corrected chi connectivity index (χ2v) is 5.00. The predicted octanol–water partition coefficient (Wildman–Crippen LogP) is 2.85. The first-order valence-electron chi connectivity index (χ1n) is 6.26. The molecule has 1 heterocycles. The van der Waals surface area contributed by atoms with Crippen LogP contribution >= 0.6 is 12.4 Å². The summed E-state index contributed by atoms with van der Waals surface area (Å²) in [5.41, 5.74) is 1.68. The van der Waals surface area contributed by atoms with Crippen molar-refractivity contribution in [1.29, 1.82) is 0 Å². The Morgan fingerprint density at radius 2 is 2.26 bits per heavy atom. The standard InChI is InChI=1S/C14H18FNO2.ClH/c1-10-7-11(4-5-13(10)15)8-16-6-2-3-12(9-16)14(17)18;/h4-5,7,12H,2-3,6,8-9H2,1H3,(H,17,18);1H. The number of rotatable bonds is 3. The molecule has 3 nitrogen and oxygen atoms in total. The van der Waals surface area contributed by atoms with Crippen LogP contribution in [0, 0.1) is 18.7 Å². The van der Waals surface area contributed by atoms with Gasteiger partial charge in [0.25, 0.3) is 0 Å². The summed E-state index contributed by atoms with van der Waals surface area (Å²) in [5, 5.41) is 9.03. The van der Waals surface area contributed by atoms with E-state index in [0.29, 0.717) is 18.7 Å². The normalized spacial score (nSPS) is 19.8. The number of hydrogen-bond acceptors (Lipinski definition) is 2. The van der Waals surface area contributed by atoms with Crippen LogP contribution in [0.1, 0.15) is 24.0 Å². The fourth-order valence-electron chi connectivity index (χ4n) is 2.46. The number of benzene rings is 1. The Morgan fingerprint density at radius 1 is 1.53 bits per heavy atom. The number of piperidine rings is 1. The molecule has 19 heavy (non-hydrogen) atoms. The highest BCUT2D eigenvalue weighted by Gasteiger charge is 2.25. The second-order valence-electron chi connectivity index (χ2n) is 5.00. The van der Waals surface area contributed by atoms with Gasteiger partial charge >= 0.3 is 5.97 Å². The molecule has 1 unspecified atom stereocenters. The third-order valence-corrected chi connectivity index (χ3v) is 3.48. The minimum Gasteiger partial charge on any atom is -0.481 e. The SMILES string of the molecule is Cc1cc(CN2CCCC(C(=O)O)C2)ccc1F.Cl. The first-order chi connectivity index (χ1) is 8.56. The van der Waals surface area contributed by atoms with Gasteiger partial charge < -0.3 is 5.11 Å². The third kappa shape index (κ3) is 4.18. The van der Waals surface area contributed by atoms with Crippen LogP contribution in [0.4, 0.5) is 4.39 Å². The van der Waals surface area contributed by atoms with Crippen molar-refractivity contribution in [2.75, 3.05) is 13.1 Å². The fraction of sp³-hybridized carbons (Fsp3) is 0.500. The number of hydrogen-bond donors (Lipinski definition) is 1. The van der Waals surface area contributed by atoms with E-state index in [9.17, 15) is 9.18 Å². The van der Waals surface area contributed by atoms with Gasteiger partial charge in [-0.2, -0.15) is 0 Å². The Bertz CT molecular complexity index is 453. The van der Waals surface area contributed by atoms with E-state index in [-0.39, 0.29) is 24.1 Å². The second kappa shape index (κ2) is 6.87. The minimum atomic E-state index is -0.713. The Hall–Kier alpha value is -1.13. The van der Waals surface area contributed by atoms with Gasteiger partial charge in [0.2, 0.25) is 0 Å². The van der Waals surface area contributed by atoms with E-state index in [4.69, 9.17) is 5.11 Å². The van der Waals surface area contributed by atoms with Crippen LogP contribution < -0.4 is 0 Å². The summed E-state index contributed by atoms with van der Waals surface area (Å²) in [5.74, 6) is -1.17. The number of carbonyl (C=O) groups is 1. The molecule has 2 rings (SSSR count). The number of carboxylic acids is 1. The van der Waals surface area contributed by atoms with Gasteiger partial charge in [0.1, 0.15) is 5.82 Å². The van der Waals surface area contributed by atoms with E-state index in [1.54, 1.807) is 13.0 Å². The summed E-state index contributed by atoms with van der Waals surface area (Å²) in [6.45, 7) is 3.95. The van der Waals surface area contributed by atoms with Crippen LogP contribution in [0.2, 0.25) is 0 Å². The number of carboxylic acid groups (broad SMARTS) is 1. The summed E-state index contributed by atoms with van der Waals surface area (Å²) < 4.78 is 13.2. The molecule has 0 saturated carbocycles. The summed E-state index contributed by atoms with van der Waals surface area (Å²) in [6, 6.07) is 5.08. The van der Waals surface area contributed by atoms with E-state index < -0.39 is 5.97 Å². The maximum atomic E-state index is 13.2. The van der Waals surface area contributed by atoms with Crippen molar-refractivity contribution < 1.29 is 14.3 Å². The predicted molar refractivity (Wildman–Crippen MR) is 74.0 cm³/mol. The van der Waals surface area contributed by atoms with E-state index in [1.807, 2.05) is 6.07 Å². The molecule has 1 aromatic carbocycles. The lowest BCUT2D eigenvalue weighted by Gasteiger charge is -2.30. The number of aryl methyl sites for hydroxylation is 1. The van der Waals surface area contributed by atoms with Gasteiger partial charge in [-0.1, -0.05) is 12.1 Å². The van der Waals surface area contributed by atoms with Gasteiger partial charge in [0, 0.05) is 13.1 Å². The molecular weight excluding hydrogens is 269 g/mol. The number of aliphatic carboxylic acids is 1. The maximum Gasteiger partial charge on any atom is 0.307 e. The van der Waals surface area contributed by atoms with Gasteiger partial charge in [-0.25, -0.2) is 4.39 Å². The molecule has 0 radical (unpaired) electrons. The highest BCUT2D eigenvalue weighted by molar-refractivity contribution is 5.85. The lowest BCUT2D eigenvalue weighted by atomic mass is 9.98.